The van der Waals surface area contributed by atoms with Crippen LogP contribution in [0.2, 0.25) is 0 Å². The first-order chi connectivity index (χ1) is 19.2. The van der Waals surface area contributed by atoms with Gasteiger partial charge in [0, 0.05) is 32.3 Å². The molecule has 2 aromatic carbocycles. The molecule has 8 nitrogen and oxygen atoms in total. The number of piperazine rings is 1. The highest BCUT2D eigenvalue weighted by molar-refractivity contribution is 6.00. The van der Waals surface area contributed by atoms with E-state index in [1.165, 1.54) is 6.08 Å². The number of carboxylic acid groups (broad SMARTS) is 1. The minimum absolute atomic E-state index is 0.0148. The topological polar surface area (TPSA) is 99.2 Å². The van der Waals surface area contributed by atoms with E-state index in [1.54, 1.807) is 24.3 Å². The number of hydrogen-bond acceptors (Lipinski definition) is 5. The van der Waals surface area contributed by atoms with Gasteiger partial charge in [0.2, 0.25) is 11.8 Å². The van der Waals surface area contributed by atoms with Gasteiger partial charge in [-0.05, 0) is 73.1 Å². The van der Waals surface area contributed by atoms with E-state index in [1.807, 2.05) is 29.2 Å². The molecule has 2 aromatic rings. The summed E-state index contributed by atoms with van der Waals surface area (Å²) in [5, 5.41) is 11.8. The quantitative estimate of drug-likeness (QED) is 0.381. The van der Waals surface area contributed by atoms with Crippen molar-refractivity contribution >= 4 is 23.9 Å². The molecule has 2 aliphatic rings. The molecule has 2 N–H and O–H groups in total. The number of likely N-dealkylation sites (tertiary alicyclic amines) is 1. The Morgan fingerprint density at radius 1 is 1.07 bits per heavy atom. The van der Waals surface area contributed by atoms with Gasteiger partial charge < -0.3 is 20.1 Å². The van der Waals surface area contributed by atoms with E-state index in [4.69, 9.17) is 9.84 Å². The minimum Gasteiger partial charge on any atom is -0.478 e. The van der Waals surface area contributed by atoms with Crippen LogP contribution < -0.4 is 10.1 Å². The molecule has 40 heavy (non-hydrogen) atoms. The number of rotatable bonds is 11. The second-order valence-electron chi connectivity index (χ2n) is 11.3. The van der Waals surface area contributed by atoms with E-state index in [9.17, 15) is 14.4 Å². The Hall–Kier alpha value is -3.65. The molecule has 1 atom stereocenters. The van der Waals surface area contributed by atoms with Crippen LogP contribution in [0.3, 0.4) is 0 Å². The lowest BCUT2D eigenvalue weighted by Crippen LogP contribution is -2.73. The fourth-order valence-corrected chi connectivity index (χ4v) is 5.60. The number of carbonyl (C=O) groups is 3. The van der Waals surface area contributed by atoms with Crippen LogP contribution >= 0.6 is 0 Å². The Labute approximate surface area is 237 Å². The second kappa shape index (κ2) is 13.1. The monoisotopic (exact) mass is 547 g/mol. The van der Waals surface area contributed by atoms with Gasteiger partial charge in [-0.2, -0.15) is 0 Å². The number of carbonyl (C=O) groups excluding carboxylic acids is 2. The van der Waals surface area contributed by atoms with Crippen LogP contribution in [-0.4, -0.2) is 63.9 Å². The molecule has 4 rings (SSSR count). The summed E-state index contributed by atoms with van der Waals surface area (Å²) in [5.41, 5.74) is 1.20. The van der Waals surface area contributed by atoms with Crippen LogP contribution in [0.1, 0.15) is 64.0 Å². The highest BCUT2D eigenvalue weighted by Gasteiger charge is 2.53. The fourth-order valence-electron chi connectivity index (χ4n) is 5.60. The average Bonchev–Trinajstić information content (AvgIpc) is 2.93. The first kappa shape index (κ1) is 29.3. The largest absolute Gasteiger partial charge is 0.478 e. The summed E-state index contributed by atoms with van der Waals surface area (Å²) in [5.74, 6) is 0.838. The van der Waals surface area contributed by atoms with Crippen LogP contribution in [0.4, 0.5) is 0 Å². The van der Waals surface area contributed by atoms with Gasteiger partial charge in [0.1, 0.15) is 23.1 Å². The predicted molar refractivity (Wildman–Crippen MR) is 155 cm³/mol. The minimum atomic E-state index is -0.983. The number of nitrogens with one attached hydrogen (secondary N) is 1. The maximum Gasteiger partial charge on any atom is 0.328 e. The zero-order valence-corrected chi connectivity index (χ0v) is 23.8. The Morgan fingerprint density at radius 3 is 2.27 bits per heavy atom. The molecule has 2 saturated heterocycles. The standard InChI is InChI=1S/C32H41N3O5/c1-4-5-18-35-30(38)28(21-23(2)3)33-31(39)32(35)16-19-34(20-17-32)22-25-8-13-27(14-9-25)40-26-11-6-24(7-12-26)10-15-29(36)37/h6-15,23,28H,4-5,16-22H2,1-3H3,(H,33,39)(H,36,37)/t28-/m0/s1. The van der Waals surface area contributed by atoms with E-state index in [2.05, 4.69) is 31.0 Å². The molecule has 0 aromatic heterocycles. The molecular formula is C32H41N3O5. The van der Waals surface area contributed by atoms with Crippen LogP contribution in [0.25, 0.3) is 6.08 Å². The zero-order valence-electron chi connectivity index (χ0n) is 23.8. The molecule has 0 saturated carbocycles. The van der Waals surface area contributed by atoms with Gasteiger partial charge in [-0.15, -0.1) is 0 Å². The molecule has 214 valence electrons. The van der Waals surface area contributed by atoms with Crippen molar-refractivity contribution in [3.63, 3.8) is 0 Å². The van der Waals surface area contributed by atoms with Gasteiger partial charge in [0.25, 0.3) is 0 Å². The van der Waals surface area contributed by atoms with E-state index >= 15 is 0 Å². The van der Waals surface area contributed by atoms with Crippen LogP contribution in [0, 0.1) is 5.92 Å². The molecule has 2 fully saturated rings. The van der Waals surface area contributed by atoms with E-state index < -0.39 is 17.6 Å². The van der Waals surface area contributed by atoms with Gasteiger partial charge in [-0.3, -0.25) is 14.5 Å². The normalized spacial score (nSPS) is 19.4. The summed E-state index contributed by atoms with van der Waals surface area (Å²) in [6.45, 7) is 9.18. The Balaban J connectivity index is 1.34. The van der Waals surface area contributed by atoms with Crippen molar-refractivity contribution in [1.29, 1.82) is 0 Å². The number of hydrogen-bond donors (Lipinski definition) is 2. The maximum atomic E-state index is 13.5. The fraction of sp³-hybridized carbons (Fsp3) is 0.469. The summed E-state index contributed by atoms with van der Waals surface area (Å²) < 4.78 is 5.94. The Morgan fingerprint density at radius 2 is 1.70 bits per heavy atom. The van der Waals surface area contributed by atoms with Crippen LogP contribution in [0.5, 0.6) is 11.5 Å². The molecule has 1 spiro atoms. The third-order valence-electron chi connectivity index (χ3n) is 7.80. The Kier molecular flexibility index (Phi) is 9.63. The first-order valence-electron chi connectivity index (χ1n) is 14.3. The molecule has 2 heterocycles. The molecule has 0 unspecified atom stereocenters. The lowest BCUT2D eigenvalue weighted by molar-refractivity contribution is -0.161. The van der Waals surface area contributed by atoms with Gasteiger partial charge >= 0.3 is 5.97 Å². The second-order valence-corrected chi connectivity index (χ2v) is 11.3. The molecule has 8 heteroatoms. The molecule has 0 bridgehead atoms. The number of amides is 2. The van der Waals surface area contributed by atoms with Crippen LogP contribution in [0.15, 0.2) is 54.6 Å². The molecule has 2 amide bonds. The van der Waals surface area contributed by atoms with Gasteiger partial charge in [-0.1, -0.05) is 51.5 Å². The number of carboxylic acids is 1. The number of nitrogens with zero attached hydrogens (tertiary/aromatic N) is 2. The molecule has 0 aliphatic carbocycles. The zero-order chi connectivity index (χ0) is 28.7. The SMILES string of the molecule is CCCCN1C(=O)[C@H](CC(C)C)NC(=O)C12CCN(Cc1ccc(Oc3ccc(C=CC(=O)O)cc3)cc1)CC2. The van der Waals surface area contributed by atoms with Crippen molar-refractivity contribution in [3.05, 3.63) is 65.7 Å². The summed E-state index contributed by atoms with van der Waals surface area (Å²) in [6, 6.07) is 14.8. The van der Waals surface area contributed by atoms with Crippen molar-refractivity contribution in [2.75, 3.05) is 19.6 Å². The highest BCUT2D eigenvalue weighted by atomic mass is 16.5. The van der Waals surface area contributed by atoms with Gasteiger partial charge in [0.15, 0.2) is 0 Å². The summed E-state index contributed by atoms with van der Waals surface area (Å²) in [6.07, 6.45) is 6.48. The lowest BCUT2D eigenvalue weighted by atomic mass is 9.80. The number of aliphatic carboxylic acids is 1. The number of unbranched alkanes of at least 4 members (excludes halogenated alkanes) is 1. The first-order valence-corrected chi connectivity index (χ1v) is 14.3. The van der Waals surface area contributed by atoms with Gasteiger partial charge in [-0.25, -0.2) is 4.79 Å². The molecule has 2 aliphatic heterocycles. The predicted octanol–water partition coefficient (Wildman–Crippen LogP) is 5.08. The third kappa shape index (κ3) is 7.10. The van der Waals surface area contributed by atoms with E-state index in [0.717, 1.165) is 55.4 Å². The van der Waals surface area contributed by atoms with Crippen molar-refractivity contribution in [1.82, 2.24) is 15.1 Å². The van der Waals surface area contributed by atoms with E-state index in [0.29, 0.717) is 37.5 Å². The van der Waals surface area contributed by atoms with Crippen molar-refractivity contribution < 1.29 is 24.2 Å². The summed E-state index contributed by atoms with van der Waals surface area (Å²) >= 11 is 0. The van der Waals surface area contributed by atoms with Crippen molar-refractivity contribution in [2.45, 2.75) is 71.0 Å². The van der Waals surface area contributed by atoms with Crippen LogP contribution in [-0.2, 0) is 20.9 Å². The number of ether oxygens (including phenoxy) is 1. The smallest absolute Gasteiger partial charge is 0.328 e. The maximum absolute atomic E-state index is 13.5. The highest BCUT2D eigenvalue weighted by Crippen LogP contribution is 2.35. The summed E-state index contributed by atoms with van der Waals surface area (Å²) in [4.78, 5) is 41.8. The van der Waals surface area contributed by atoms with E-state index in [-0.39, 0.29) is 11.8 Å². The average molecular weight is 548 g/mol. The molecular weight excluding hydrogens is 506 g/mol. The number of piperidine rings is 1. The summed E-state index contributed by atoms with van der Waals surface area (Å²) in [7, 11) is 0. The van der Waals surface area contributed by atoms with Crippen molar-refractivity contribution in [3.8, 4) is 11.5 Å². The number of benzene rings is 2. The Bertz CT molecular complexity index is 1200. The van der Waals surface area contributed by atoms with Crippen molar-refractivity contribution in [2.24, 2.45) is 5.92 Å². The molecule has 0 radical (unpaired) electrons. The lowest BCUT2D eigenvalue weighted by Gasteiger charge is -2.52. The third-order valence-corrected chi connectivity index (χ3v) is 7.80. The van der Waals surface area contributed by atoms with Gasteiger partial charge in [0.05, 0.1) is 0 Å².